The van der Waals surface area contributed by atoms with E-state index in [0.29, 0.717) is 44.4 Å². The molecule has 1 N–H and O–H groups in total. The lowest BCUT2D eigenvalue weighted by Crippen LogP contribution is -2.19. The van der Waals surface area contributed by atoms with Crippen molar-refractivity contribution in [3.05, 3.63) is 44.9 Å². The molecule has 4 rings (SSSR count). The molecule has 0 amide bonds. The standard InChI is InChI=1S/C19H19BrClFN4O/c1-10-15(22)8-16-12(9-23-26(16)17-5-3-4-6-27-17)18(10)25-19-13(20)7-14(21)11(2)24-19/h7-9,17H,3-6H2,1-2H3,(H,24,25). The zero-order valence-corrected chi connectivity index (χ0v) is 17.4. The maximum Gasteiger partial charge on any atom is 0.150 e. The van der Waals surface area contributed by atoms with Gasteiger partial charge >= 0.3 is 0 Å². The zero-order chi connectivity index (χ0) is 19.1. The number of aromatic nitrogens is 3. The van der Waals surface area contributed by atoms with Gasteiger partial charge in [0.1, 0.15) is 11.6 Å². The van der Waals surface area contributed by atoms with Crippen LogP contribution in [0.3, 0.4) is 0 Å². The summed E-state index contributed by atoms with van der Waals surface area (Å²) >= 11 is 9.59. The average Bonchev–Trinajstić information content (AvgIpc) is 3.07. The molecule has 1 aliphatic rings. The first-order valence-corrected chi connectivity index (χ1v) is 10.0. The highest BCUT2D eigenvalue weighted by molar-refractivity contribution is 9.10. The van der Waals surface area contributed by atoms with E-state index in [9.17, 15) is 4.39 Å². The number of halogens is 3. The molecule has 0 radical (unpaired) electrons. The van der Waals surface area contributed by atoms with Crippen LogP contribution in [0.25, 0.3) is 10.9 Å². The molecule has 1 fully saturated rings. The van der Waals surface area contributed by atoms with E-state index >= 15 is 0 Å². The maximum atomic E-state index is 14.7. The number of fused-ring (bicyclic) bond motifs is 1. The molecule has 8 heteroatoms. The second-order valence-electron chi connectivity index (χ2n) is 6.71. The molecule has 2 aromatic heterocycles. The third kappa shape index (κ3) is 3.44. The fourth-order valence-corrected chi connectivity index (χ4v) is 4.03. The van der Waals surface area contributed by atoms with Crippen LogP contribution in [0.2, 0.25) is 5.02 Å². The molecule has 0 saturated carbocycles. The molecule has 3 aromatic rings. The summed E-state index contributed by atoms with van der Waals surface area (Å²) in [5, 5.41) is 9.14. The summed E-state index contributed by atoms with van der Waals surface area (Å²) in [5.41, 5.74) is 2.54. The van der Waals surface area contributed by atoms with Crippen LogP contribution >= 0.6 is 27.5 Å². The van der Waals surface area contributed by atoms with Crippen molar-refractivity contribution < 1.29 is 9.13 Å². The van der Waals surface area contributed by atoms with Crippen molar-refractivity contribution in [1.29, 1.82) is 0 Å². The predicted octanol–water partition coefficient (Wildman–Crippen LogP) is 6.05. The van der Waals surface area contributed by atoms with Gasteiger partial charge in [-0.05, 0) is 55.1 Å². The number of aryl methyl sites for hydroxylation is 1. The number of hydrogen-bond acceptors (Lipinski definition) is 4. The fourth-order valence-electron chi connectivity index (χ4n) is 3.33. The molecule has 27 heavy (non-hydrogen) atoms. The van der Waals surface area contributed by atoms with E-state index in [2.05, 4.69) is 31.3 Å². The summed E-state index contributed by atoms with van der Waals surface area (Å²) in [5.74, 6) is 0.276. The van der Waals surface area contributed by atoms with E-state index in [1.165, 1.54) is 6.07 Å². The average molecular weight is 454 g/mol. The third-order valence-corrected chi connectivity index (χ3v) is 5.86. The van der Waals surface area contributed by atoms with Crippen LogP contribution < -0.4 is 5.32 Å². The number of anilines is 2. The minimum atomic E-state index is -0.302. The molecule has 0 bridgehead atoms. The number of benzene rings is 1. The van der Waals surface area contributed by atoms with Crippen LogP contribution in [-0.2, 0) is 4.74 Å². The number of nitrogens with zero attached hydrogens (tertiary/aromatic N) is 3. The van der Waals surface area contributed by atoms with Gasteiger partial charge in [0.2, 0.25) is 0 Å². The molecule has 142 valence electrons. The van der Waals surface area contributed by atoms with E-state index < -0.39 is 0 Å². The topological polar surface area (TPSA) is 52.0 Å². The molecule has 1 saturated heterocycles. The largest absolute Gasteiger partial charge is 0.356 e. The molecule has 5 nitrogen and oxygen atoms in total. The molecule has 1 aliphatic heterocycles. The van der Waals surface area contributed by atoms with Crippen molar-refractivity contribution in [1.82, 2.24) is 14.8 Å². The number of ether oxygens (including phenoxy) is 1. The first-order chi connectivity index (χ1) is 13.0. The summed E-state index contributed by atoms with van der Waals surface area (Å²) in [6, 6.07) is 3.30. The van der Waals surface area contributed by atoms with Gasteiger partial charge in [-0.2, -0.15) is 5.10 Å². The maximum absolute atomic E-state index is 14.7. The van der Waals surface area contributed by atoms with Crippen molar-refractivity contribution in [2.45, 2.75) is 39.3 Å². The van der Waals surface area contributed by atoms with Gasteiger partial charge in [-0.25, -0.2) is 14.1 Å². The van der Waals surface area contributed by atoms with Gasteiger partial charge in [0.15, 0.2) is 6.23 Å². The minimum absolute atomic E-state index is 0.158. The molecule has 1 atom stereocenters. The normalized spacial score (nSPS) is 17.4. The summed E-state index contributed by atoms with van der Waals surface area (Å²) in [7, 11) is 0. The summed E-state index contributed by atoms with van der Waals surface area (Å²) < 4.78 is 23.0. The van der Waals surface area contributed by atoms with E-state index in [4.69, 9.17) is 16.3 Å². The zero-order valence-electron chi connectivity index (χ0n) is 15.0. The van der Waals surface area contributed by atoms with Crippen LogP contribution in [0.15, 0.2) is 22.8 Å². The van der Waals surface area contributed by atoms with Crippen molar-refractivity contribution in [3.8, 4) is 0 Å². The Hall–Kier alpha value is -1.70. The molecule has 3 heterocycles. The van der Waals surface area contributed by atoms with Crippen LogP contribution in [0.5, 0.6) is 0 Å². The van der Waals surface area contributed by atoms with E-state index in [1.54, 1.807) is 23.9 Å². The monoisotopic (exact) mass is 452 g/mol. The predicted molar refractivity (Wildman–Crippen MR) is 108 cm³/mol. The van der Waals surface area contributed by atoms with Gasteiger partial charge in [0.25, 0.3) is 0 Å². The Kier molecular flexibility index (Phi) is 5.09. The Morgan fingerprint density at radius 3 is 2.89 bits per heavy atom. The highest BCUT2D eigenvalue weighted by atomic mass is 79.9. The highest BCUT2D eigenvalue weighted by Crippen LogP contribution is 2.36. The Morgan fingerprint density at radius 2 is 2.15 bits per heavy atom. The third-order valence-electron chi connectivity index (χ3n) is 4.88. The SMILES string of the molecule is Cc1nc(Nc2c(C)c(F)cc3c2cnn3C2CCCCO2)c(Br)cc1Cl. The van der Waals surface area contributed by atoms with Gasteiger partial charge in [-0.15, -0.1) is 0 Å². The first-order valence-electron chi connectivity index (χ1n) is 8.83. The quantitative estimate of drug-likeness (QED) is 0.525. The Morgan fingerprint density at radius 1 is 1.33 bits per heavy atom. The van der Waals surface area contributed by atoms with Crippen LogP contribution in [0.1, 0.15) is 36.7 Å². The van der Waals surface area contributed by atoms with E-state index in [-0.39, 0.29) is 12.0 Å². The van der Waals surface area contributed by atoms with E-state index in [0.717, 1.165) is 24.6 Å². The Bertz CT molecular complexity index is 1020. The lowest BCUT2D eigenvalue weighted by atomic mass is 10.1. The van der Waals surface area contributed by atoms with Crippen molar-refractivity contribution in [3.63, 3.8) is 0 Å². The minimum Gasteiger partial charge on any atom is -0.356 e. The number of rotatable bonds is 3. The summed E-state index contributed by atoms with van der Waals surface area (Å²) in [6.45, 7) is 4.26. The lowest BCUT2D eigenvalue weighted by Gasteiger charge is -2.23. The Balaban J connectivity index is 1.82. The Labute approximate surface area is 170 Å². The molecule has 1 unspecified atom stereocenters. The lowest BCUT2D eigenvalue weighted by molar-refractivity contribution is -0.0366. The van der Waals surface area contributed by atoms with Crippen molar-refractivity contribution in [2.75, 3.05) is 11.9 Å². The molecular formula is C19H19BrClFN4O. The van der Waals surface area contributed by atoms with Gasteiger partial charge in [0.05, 0.1) is 32.6 Å². The second-order valence-corrected chi connectivity index (χ2v) is 7.97. The van der Waals surface area contributed by atoms with Crippen molar-refractivity contribution >= 4 is 49.9 Å². The van der Waals surface area contributed by atoms with Gasteiger partial charge in [-0.1, -0.05) is 11.6 Å². The smallest absolute Gasteiger partial charge is 0.150 e. The molecule has 1 aromatic carbocycles. The molecule has 0 spiro atoms. The second kappa shape index (κ2) is 7.37. The molecule has 0 aliphatic carbocycles. The number of pyridine rings is 1. The highest BCUT2D eigenvalue weighted by Gasteiger charge is 2.22. The van der Waals surface area contributed by atoms with Crippen LogP contribution in [0, 0.1) is 19.7 Å². The van der Waals surface area contributed by atoms with Crippen LogP contribution in [0.4, 0.5) is 15.9 Å². The van der Waals surface area contributed by atoms with Gasteiger partial charge in [-0.3, -0.25) is 0 Å². The van der Waals surface area contributed by atoms with E-state index in [1.807, 2.05) is 6.92 Å². The van der Waals surface area contributed by atoms with Crippen molar-refractivity contribution in [2.24, 2.45) is 0 Å². The summed E-state index contributed by atoms with van der Waals surface area (Å²) in [4.78, 5) is 4.48. The van der Waals surface area contributed by atoms with Gasteiger partial charge in [0, 0.05) is 23.6 Å². The van der Waals surface area contributed by atoms with Crippen LogP contribution in [-0.4, -0.2) is 21.4 Å². The van der Waals surface area contributed by atoms with Gasteiger partial charge < -0.3 is 10.1 Å². The number of hydrogen-bond donors (Lipinski definition) is 1. The fraction of sp³-hybridized carbons (Fsp3) is 0.368. The summed E-state index contributed by atoms with van der Waals surface area (Å²) in [6.07, 6.45) is 4.59. The number of nitrogens with one attached hydrogen (secondary N) is 1. The molecular weight excluding hydrogens is 435 g/mol. The first kappa shape index (κ1) is 18.7.